The number of benzene rings is 3. The van der Waals surface area contributed by atoms with Gasteiger partial charge in [0.2, 0.25) is 0 Å². The molecule has 5 heteroatoms. The first-order valence-electron chi connectivity index (χ1n) is 9.66. The number of para-hydroxylation sites is 1. The van der Waals surface area contributed by atoms with E-state index in [2.05, 4.69) is 35.2 Å². The van der Waals surface area contributed by atoms with Crippen LogP contribution in [0.25, 0.3) is 11.1 Å². The Balaban J connectivity index is 1.67. The average Bonchev–Trinajstić information content (AvgIpc) is 2.74. The molecule has 3 N–H and O–H groups in total. The Morgan fingerprint density at radius 2 is 1.83 bits per heavy atom. The molecule has 1 aliphatic rings. The van der Waals surface area contributed by atoms with Gasteiger partial charge in [0.05, 0.1) is 18.7 Å². The van der Waals surface area contributed by atoms with E-state index < -0.39 is 5.97 Å². The number of nitrogens with two attached hydrogens (primary N) is 1. The van der Waals surface area contributed by atoms with Crippen molar-refractivity contribution in [3.8, 4) is 16.9 Å². The highest BCUT2D eigenvalue weighted by Gasteiger charge is 2.27. The summed E-state index contributed by atoms with van der Waals surface area (Å²) in [6.45, 7) is 1.20. The molecule has 0 saturated heterocycles. The maximum Gasteiger partial charge on any atom is 0.307 e. The average molecular weight is 388 g/mol. The highest BCUT2D eigenvalue weighted by Crippen LogP contribution is 2.40. The molecule has 0 aromatic heterocycles. The lowest BCUT2D eigenvalue weighted by molar-refractivity contribution is -0.136. The van der Waals surface area contributed by atoms with E-state index in [1.165, 1.54) is 0 Å². The van der Waals surface area contributed by atoms with E-state index >= 15 is 0 Å². The number of hydrogen-bond donors (Lipinski definition) is 2. The predicted octanol–water partition coefficient (Wildman–Crippen LogP) is 4.01. The van der Waals surface area contributed by atoms with Crippen LogP contribution in [0.3, 0.4) is 0 Å². The summed E-state index contributed by atoms with van der Waals surface area (Å²) in [6.07, 6.45) is -0.240. The maximum atomic E-state index is 11.3. The molecular weight excluding hydrogens is 364 g/mol. The molecule has 0 bridgehead atoms. The summed E-state index contributed by atoms with van der Waals surface area (Å²) >= 11 is 0. The normalized spacial score (nSPS) is 15.5. The Kier molecular flexibility index (Phi) is 5.23. The van der Waals surface area contributed by atoms with Crippen molar-refractivity contribution in [3.05, 3.63) is 83.4 Å². The number of rotatable bonds is 5. The lowest BCUT2D eigenvalue weighted by Gasteiger charge is -2.35. The second-order valence-electron chi connectivity index (χ2n) is 7.35. The molecule has 148 valence electrons. The molecular formula is C24H24N2O3. The number of ether oxygens (including phenoxy) is 1. The zero-order chi connectivity index (χ0) is 20.4. The van der Waals surface area contributed by atoms with E-state index in [-0.39, 0.29) is 12.5 Å². The van der Waals surface area contributed by atoms with Crippen LogP contribution in [-0.4, -0.2) is 24.7 Å². The van der Waals surface area contributed by atoms with Gasteiger partial charge in [-0.25, -0.2) is 0 Å². The lowest BCUT2D eigenvalue weighted by atomic mass is 9.98. The van der Waals surface area contributed by atoms with Gasteiger partial charge >= 0.3 is 5.97 Å². The van der Waals surface area contributed by atoms with E-state index in [0.29, 0.717) is 24.4 Å². The van der Waals surface area contributed by atoms with Crippen molar-refractivity contribution in [2.45, 2.75) is 19.1 Å². The predicted molar refractivity (Wildman–Crippen MR) is 114 cm³/mol. The third kappa shape index (κ3) is 3.96. The molecule has 29 heavy (non-hydrogen) atoms. The summed E-state index contributed by atoms with van der Waals surface area (Å²) < 4.78 is 6.33. The topological polar surface area (TPSA) is 75.8 Å². The molecule has 1 unspecified atom stereocenters. The summed E-state index contributed by atoms with van der Waals surface area (Å²) in [4.78, 5) is 13.4. The largest absolute Gasteiger partial charge is 0.481 e. The molecule has 3 aromatic carbocycles. The van der Waals surface area contributed by atoms with E-state index in [4.69, 9.17) is 10.5 Å². The molecule has 0 fully saturated rings. The molecule has 0 aliphatic carbocycles. The number of carboxylic acids is 1. The molecule has 1 atom stereocenters. The number of hydrogen-bond acceptors (Lipinski definition) is 4. The third-order valence-electron chi connectivity index (χ3n) is 5.28. The monoisotopic (exact) mass is 388 g/mol. The van der Waals surface area contributed by atoms with Crippen molar-refractivity contribution in [2.24, 2.45) is 5.73 Å². The molecule has 1 heterocycles. The molecule has 0 spiro atoms. The Labute approximate surface area is 170 Å². The van der Waals surface area contributed by atoms with Crippen LogP contribution >= 0.6 is 0 Å². The third-order valence-corrected chi connectivity index (χ3v) is 5.28. The Morgan fingerprint density at radius 3 is 2.59 bits per heavy atom. The second kappa shape index (κ2) is 7.97. The van der Waals surface area contributed by atoms with Crippen molar-refractivity contribution < 1.29 is 14.6 Å². The van der Waals surface area contributed by atoms with Gasteiger partial charge in [-0.15, -0.1) is 0 Å². The van der Waals surface area contributed by atoms with Crippen LogP contribution in [-0.2, 0) is 17.8 Å². The van der Waals surface area contributed by atoms with Gasteiger partial charge in [0.25, 0.3) is 0 Å². The highest BCUT2D eigenvalue weighted by molar-refractivity contribution is 5.74. The van der Waals surface area contributed by atoms with E-state index in [0.717, 1.165) is 27.9 Å². The summed E-state index contributed by atoms with van der Waals surface area (Å²) in [5.74, 6) is -0.210. The first kappa shape index (κ1) is 19.0. The Hall–Kier alpha value is -3.31. The van der Waals surface area contributed by atoms with Crippen LogP contribution in [0.15, 0.2) is 66.7 Å². The number of aliphatic carboxylic acids is 1. The van der Waals surface area contributed by atoms with Crippen LogP contribution in [0.4, 0.5) is 5.69 Å². The van der Waals surface area contributed by atoms with Crippen molar-refractivity contribution in [3.63, 3.8) is 0 Å². The van der Waals surface area contributed by atoms with Gasteiger partial charge in [-0.3, -0.25) is 4.79 Å². The molecule has 0 radical (unpaired) electrons. The standard InChI is InChI=1S/C24H24N2O3/c1-26-15-22(29-24-20(13-23(27)28)9-4-10-21(24)26)19-8-3-7-18(12-19)17-6-2-5-16(11-17)14-25/h2-12,22H,13-15,25H2,1H3,(H,27,28). The summed E-state index contributed by atoms with van der Waals surface area (Å²) in [7, 11) is 2.01. The smallest absolute Gasteiger partial charge is 0.307 e. The van der Waals surface area contributed by atoms with Crippen molar-refractivity contribution in [2.75, 3.05) is 18.5 Å². The van der Waals surface area contributed by atoms with Gasteiger partial charge in [0, 0.05) is 19.2 Å². The number of fused-ring (bicyclic) bond motifs is 1. The van der Waals surface area contributed by atoms with Gasteiger partial charge in [-0.2, -0.15) is 0 Å². The number of carboxylic acid groups (broad SMARTS) is 1. The van der Waals surface area contributed by atoms with Gasteiger partial charge in [0.15, 0.2) is 0 Å². The number of anilines is 1. The molecule has 4 rings (SSSR count). The van der Waals surface area contributed by atoms with E-state index in [9.17, 15) is 9.90 Å². The fourth-order valence-corrected chi connectivity index (χ4v) is 3.81. The number of likely N-dealkylation sites (N-methyl/N-ethyl adjacent to an activating group) is 1. The Morgan fingerprint density at radius 1 is 1.10 bits per heavy atom. The van der Waals surface area contributed by atoms with E-state index in [1.54, 1.807) is 0 Å². The van der Waals surface area contributed by atoms with Gasteiger partial charge in [-0.1, -0.05) is 48.5 Å². The molecule has 1 aliphatic heterocycles. The fraction of sp³-hybridized carbons (Fsp3) is 0.208. The van der Waals surface area contributed by atoms with Crippen LogP contribution in [0.5, 0.6) is 5.75 Å². The van der Waals surface area contributed by atoms with Gasteiger partial charge in [-0.05, 0) is 40.5 Å². The van der Waals surface area contributed by atoms with Crippen molar-refractivity contribution >= 4 is 11.7 Å². The molecule has 3 aromatic rings. The minimum absolute atomic E-state index is 0.0599. The fourth-order valence-electron chi connectivity index (χ4n) is 3.81. The van der Waals surface area contributed by atoms with Crippen molar-refractivity contribution in [1.29, 1.82) is 0 Å². The SMILES string of the molecule is CN1CC(c2cccc(-c3cccc(CN)c3)c2)Oc2c(CC(=O)O)cccc21. The first-order valence-corrected chi connectivity index (χ1v) is 9.66. The highest BCUT2D eigenvalue weighted by atomic mass is 16.5. The number of nitrogens with zero attached hydrogens (tertiary/aromatic N) is 1. The van der Waals surface area contributed by atoms with E-state index in [1.807, 2.05) is 43.4 Å². The lowest BCUT2D eigenvalue weighted by Crippen LogP contribution is -2.32. The van der Waals surface area contributed by atoms with Crippen LogP contribution in [0, 0.1) is 0 Å². The minimum Gasteiger partial charge on any atom is -0.481 e. The first-order chi connectivity index (χ1) is 14.0. The second-order valence-corrected chi connectivity index (χ2v) is 7.35. The zero-order valence-corrected chi connectivity index (χ0v) is 16.3. The van der Waals surface area contributed by atoms with Gasteiger partial charge < -0.3 is 20.5 Å². The number of carbonyl (C=O) groups is 1. The summed E-state index contributed by atoms with van der Waals surface area (Å²) in [5.41, 5.74) is 11.8. The van der Waals surface area contributed by atoms with Gasteiger partial charge in [0.1, 0.15) is 11.9 Å². The minimum atomic E-state index is -0.867. The molecule has 0 amide bonds. The summed E-state index contributed by atoms with van der Waals surface area (Å²) in [5, 5.41) is 9.24. The maximum absolute atomic E-state index is 11.3. The van der Waals surface area contributed by atoms with Crippen molar-refractivity contribution in [1.82, 2.24) is 0 Å². The zero-order valence-electron chi connectivity index (χ0n) is 16.3. The van der Waals surface area contributed by atoms with Crippen LogP contribution < -0.4 is 15.4 Å². The summed E-state index contributed by atoms with van der Waals surface area (Å²) in [6, 6.07) is 22.2. The Bertz CT molecular complexity index is 1050. The molecule has 5 nitrogen and oxygen atoms in total. The van der Waals surface area contributed by atoms with Crippen LogP contribution in [0.2, 0.25) is 0 Å². The van der Waals surface area contributed by atoms with Crippen LogP contribution in [0.1, 0.15) is 22.8 Å². The molecule has 0 saturated carbocycles. The quantitative estimate of drug-likeness (QED) is 0.691.